The van der Waals surface area contributed by atoms with Crippen molar-refractivity contribution in [2.75, 3.05) is 4.90 Å². The second-order valence-electron chi connectivity index (χ2n) is 4.52. The quantitative estimate of drug-likeness (QED) is 0.683. The molecule has 0 aliphatic carbocycles. The molecule has 0 unspecified atom stereocenters. The number of hydrogen-bond acceptors (Lipinski definition) is 2. The summed E-state index contributed by atoms with van der Waals surface area (Å²) in [5.74, 6) is -0.611. The molecule has 0 radical (unpaired) electrons. The van der Waals surface area contributed by atoms with Crippen molar-refractivity contribution in [1.29, 1.82) is 0 Å². The van der Waals surface area contributed by atoms with Gasteiger partial charge >= 0.3 is 0 Å². The number of rotatable bonds is 2. The lowest BCUT2D eigenvalue weighted by molar-refractivity contribution is -0.113. The summed E-state index contributed by atoms with van der Waals surface area (Å²) in [4.78, 5) is 13.8. The van der Waals surface area contributed by atoms with E-state index in [1.807, 2.05) is 30.3 Å². The third-order valence-electron chi connectivity index (χ3n) is 3.07. The molecule has 0 saturated carbocycles. The summed E-state index contributed by atoms with van der Waals surface area (Å²) in [5, 5.41) is 3.18. The van der Waals surface area contributed by atoms with Gasteiger partial charge in [0.2, 0.25) is 0 Å². The van der Waals surface area contributed by atoms with Crippen molar-refractivity contribution in [2.24, 2.45) is 0 Å². The van der Waals surface area contributed by atoms with E-state index >= 15 is 0 Å². The van der Waals surface area contributed by atoms with Crippen LogP contribution in [0.4, 0.5) is 10.1 Å². The molecule has 1 aliphatic rings. The van der Waals surface area contributed by atoms with Crippen LogP contribution in [0.3, 0.4) is 0 Å². The Bertz CT molecular complexity index is 726. The minimum absolute atomic E-state index is 0.254. The van der Waals surface area contributed by atoms with E-state index in [0.717, 1.165) is 5.56 Å². The second-order valence-corrected chi connectivity index (χ2v) is 4.90. The molecule has 0 aromatic heterocycles. The summed E-state index contributed by atoms with van der Waals surface area (Å²) in [6.07, 6.45) is 1.73. The molecule has 1 fully saturated rings. The van der Waals surface area contributed by atoms with E-state index in [4.69, 9.17) is 12.2 Å². The van der Waals surface area contributed by atoms with Gasteiger partial charge in [-0.2, -0.15) is 0 Å². The monoisotopic (exact) mass is 298 g/mol. The third kappa shape index (κ3) is 2.68. The van der Waals surface area contributed by atoms with E-state index in [1.54, 1.807) is 6.08 Å². The van der Waals surface area contributed by atoms with Crippen molar-refractivity contribution >= 4 is 35.0 Å². The Labute approximate surface area is 126 Å². The van der Waals surface area contributed by atoms with Crippen molar-refractivity contribution in [1.82, 2.24) is 5.32 Å². The first kappa shape index (κ1) is 13.5. The molecular weight excluding hydrogens is 287 g/mol. The van der Waals surface area contributed by atoms with E-state index in [2.05, 4.69) is 5.32 Å². The van der Waals surface area contributed by atoms with Crippen molar-refractivity contribution < 1.29 is 9.18 Å². The molecule has 1 aliphatic heterocycles. The predicted molar refractivity (Wildman–Crippen MR) is 84.0 cm³/mol. The van der Waals surface area contributed by atoms with Gasteiger partial charge in [0.05, 0.1) is 5.69 Å². The average molecular weight is 298 g/mol. The van der Waals surface area contributed by atoms with Crippen molar-refractivity contribution in [3.05, 3.63) is 71.7 Å². The van der Waals surface area contributed by atoms with Crippen LogP contribution in [0.2, 0.25) is 0 Å². The molecule has 2 aromatic rings. The van der Waals surface area contributed by atoms with Crippen LogP contribution < -0.4 is 10.2 Å². The molecule has 21 heavy (non-hydrogen) atoms. The SMILES string of the molecule is O=C1/C(=C\c2ccccc2)NC(=S)N1c1ccc(F)cc1. The van der Waals surface area contributed by atoms with Crippen LogP contribution in [0, 0.1) is 5.82 Å². The Hall–Kier alpha value is -2.53. The lowest BCUT2D eigenvalue weighted by atomic mass is 10.2. The van der Waals surface area contributed by atoms with Gasteiger partial charge in [0, 0.05) is 0 Å². The van der Waals surface area contributed by atoms with Gasteiger partial charge in [0.25, 0.3) is 5.91 Å². The van der Waals surface area contributed by atoms with Gasteiger partial charge in [-0.25, -0.2) is 4.39 Å². The number of halogens is 1. The molecule has 0 bridgehead atoms. The van der Waals surface area contributed by atoms with E-state index in [9.17, 15) is 9.18 Å². The maximum Gasteiger partial charge on any atom is 0.281 e. The fourth-order valence-electron chi connectivity index (χ4n) is 2.08. The van der Waals surface area contributed by atoms with Crippen molar-refractivity contribution in [2.45, 2.75) is 0 Å². The topological polar surface area (TPSA) is 32.3 Å². The molecule has 1 amide bonds. The number of amides is 1. The van der Waals surface area contributed by atoms with Crippen LogP contribution in [-0.4, -0.2) is 11.0 Å². The maximum absolute atomic E-state index is 13.0. The van der Waals surface area contributed by atoms with Gasteiger partial charge in [-0.15, -0.1) is 0 Å². The number of thiocarbonyl (C=S) groups is 1. The number of carbonyl (C=O) groups excluding carboxylic acids is 1. The number of nitrogens with one attached hydrogen (secondary N) is 1. The normalized spacial score (nSPS) is 16.4. The fourth-order valence-corrected chi connectivity index (χ4v) is 2.37. The number of carbonyl (C=O) groups is 1. The zero-order chi connectivity index (χ0) is 14.8. The lowest BCUT2D eigenvalue weighted by Crippen LogP contribution is -2.30. The number of benzene rings is 2. The largest absolute Gasteiger partial charge is 0.327 e. The Morgan fingerprint density at radius 1 is 1.05 bits per heavy atom. The number of anilines is 1. The Kier molecular flexibility index (Phi) is 3.50. The maximum atomic E-state index is 13.0. The molecule has 104 valence electrons. The third-order valence-corrected chi connectivity index (χ3v) is 3.36. The highest BCUT2D eigenvalue weighted by molar-refractivity contribution is 7.80. The van der Waals surface area contributed by atoms with Gasteiger partial charge < -0.3 is 5.32 Å². The van der Waals surface area contributed by atoms with Crippen LogP contribution in [0.15, 0.2) is 60.3 Å². The van der Waals surface area contributed by atoms with Crippen molar-refractivity contribution in [3.63, 3.8) is 0 Å². The van der Waals surface area contributed by atoms with E-state index in [0.29, 0.717) is 11.4 Å². The standard InChI is InChI=1S/C16H11FN2OS/c17-12-6-8-13(9-7-12)19-15(20)14(18-16(19)21)10-11-4-2-1-3-5-11/h1-10H,(H,18,21)/b14-10+. The fraction of sp³-hybridized carbons (Fsp3) is 0. The second kappa shape index (κ2) is 5.46. The minimum atomic E-state index is -0.357. The minimum Gasteiger partial charge on any atom is -0.327 e. The molecule has 3 nitrogen and oxygen atoms in total. The van der Waals surface area contributed by atoms with Crippen LogP contribution in [0.5, 0.6) is 0 Å². The van der Waals surface area contributed by atoms with Crippen LogP contribution >= 0.6 is 12.2 Å². The van der Waals surface area contributed by atoms with Crippen LogP contribution in [-0.2, 0) is 4.79 Å². The molecule has 0 spiro atoms. The van der Waals surface area contributed by atoms with Gasteiger partial charge in [0.1, 0.15) is 11.5 Å². The first-order chi connectivity index (χ1) is 10.1. The van der Waals surface area contributed by atoms with E-state index < -0.39 is 0 Å². The zero-order valence-corrected chi connectivity index (χ0v) is 11.7. The average Bonchev–Trinajstić information content (AvgIpc) is 2.76. The molecule has 2 aromatic carbocycles. The molecule has 5 heteroatoms. The highest BCUT2D eigenvalue weighted by atomic mass is 32.1. The number of nitrogens with zero attached hydrogens (tertiary/aromatic N) is 1. The van der Waals surface area contributed by atoms with E-state index in [-0.39, 0.29) is 16.8 Å². The molecule has 1 heterocycles. The number of hydrogen-bond donors (Lipinski definition) is 1. The Morgan fingerprint density at radius 3 is 2.38 bits per heavy atom. The molecule has 1 saturated heterocycles. The van der Waals surface area contributed by atoms with Crippen LogP contribution in [0.25, 0.3) is 6.08 Å². The van der Waals surface area contributed by atoms with Gasteiger partial charge in [-0.05, 0) is 48.1 Å². The lowest BCUT2D eigenvalue weighted by Gasteiger charge is -2.13. The first-order valence-corrected chi connectivity index (χ1v) is 6.74. The summed E-state index contributed by atoms with van der Waals surface area (Å²) < 4.78 is 13.0. The summed E-state index contributed by atoms with van der Waals surface area (Å²) in [6, 6.07) is 15.1. The Morgan fingerprint density at radius 2 is 1.71 bits per heavy atom. The van der Waals surface area contributed by atoms with E-state index in [1.165, 1.54) is 29.2 Å². The first-order valence-electron chi connectivity index (χ1n) is 6.33. The Balaban J connectivity index is 1.92. The molecule has 0 atom stereocenters. The van der Waals surface area contributed by atoms with Gasteiger partial charge in [-0.3, -0.25) is 9.69 Å². The van der Waals surface area contributed by atoms with Crippen LogP contribution in [0.1, 0.15) is 5.56 Å². The molecule has 1 N–H and O–H groups in total. The highest BCUT2D eigenvalue weighted by Gasteiger charge is 2.31. The van der Waals surface area contributed by atoms with Crippen molar-refractivity contribution in [3.8, 4) is 0 Å². The summed E-state index contributed by atoms with van der Waals surface area (Å²) in [6.45, 7) is 0. The highest BCUT2D eigenvalue weighted by Crippen LogP contribution is 2.22. The smallest absolute Gasteiger partial charge is 0.281 e. The zero-order valence-electron chi connectivity index (χ0n) is 10.9. The molecule has 3 rings (SSSR count). The molecular formula is C16H11FN2OS. The van der Waals surface area contributed by atoms with Gasteiger partial charge in [0.15, 0.2) is 5.11 Å². The summed E-state index contributed by atoms with van der Waals surface area (Å²) in [7, 11) is 0. The summed E-state index contributed by atoms with van der Waals surface area (Å²) in [5.41, 5.74) is 1.84. The summed E-state index contributed by atoms with van der Waals surface area (Å²) >= 11 is 5.19. The van der Waals surface area contributed by atoms with Gasteiger partial charge in [-0.1, -0.05) is 30.3 Å². The predicted octanol–water partition coefficient (Wildman–Crippen LogP) is 3.09.